The highest BCUT2D eigenvalue weighted by molar-refractivity contribution is 8.00. The molecule has 0 fully saturated rings. The van der Waals surface area contributed by atoms with Crippen LogP contribution in [0.2, 0.25) is 0 Å². The van der Waals surface area contributed by atoms with Gasteiger partial charge in [0.1, 0.15) is 0 Å². The SMILES string of the molecule is Cc1cccc(C)c1NC(=O)CNC(=O)[C@H](C)Sc1cc(C)c2cccc(C)c2n1. The fourth-order valence-electron chi connectivity index (χ4n) is 3.33. The van der Waals surface area contributed by atoms with Crippen LogP contribution in [0.3, 0.4) is 0 Å². The summed E-state index contributed by atoms with van der Waals surface area (Å²) in [6.45, 7) is 9.73. The Kier molecular flexibility index (Phi) is 6.77. The lowest BCUT2D eigenvalue weighted by molar-refractivity contribution is -0.123. The van der Waals surface area contributed by atoms with Crippen LogP contribution in [0.15, 0.2) is 47.5 Å². The van der Waals surface area contributed by atoms with Crippen molar-refractivity contribution in [2.24, 2.45) is 0 Å². The van der Waals surface area contributed by atoms with E-state index in [0.29, 0.717) is 0 Å². The van der Waals surface area contributed by atoms with Crippen LogP contribution in [-0.2, 0) is 9.59 Å². The Bertz CT molecular complexity index is 1090. The molecule has 3 aromatic rings. The van der Waals surface area contributed by atoms with Crippen LogP contribution in [0.4, 0.5) is 5.69 Å². The number of para-hydroxylation sites is 2. The van der Waals surface area contributed by atoms with E-state index in [4.69, 9.17) is 4.98 Å². The minimum Gasteiger partial charge on any atom is -0.346 e. The van der Waals surface area contributed by atoms with E-state index in [0.717, 1.165) is 43.9 Å². The Hall–Kier alpha value is -2.86. The van der Waals surface area contributed by atoms with E-state index < -0.39 is 0 Å². The van der Waals surface area contributed by atoms with Gasteiger partial charge in [0.25, 0.3) is 0 Å². The minimum atomic E-state index is -0.369. The molecule has 3 rings (SSSR count). The van der Waals surface area contributed by atoms with Crippen molar-refractivity contribution in [2.75, 3.05) is 11.9 Å². The molecule has 0 spiro atoms. The summed E-state index contributed by atoms with van der Waals surface area (Å²) in [4.78, 5) is 29.5. The van der Waals surface area contributed by atoms with Gasteiger partial charge in [-0.15, -0.1) is 0 Å². The topological polar surface area (TPSA) is 71.1 Å². The molecular formula is C24H27N3O2S. The molecule has 0 bridgehead atoms. The number of thioether (sulfide) groups is 1. The molecule has 0 unspecified atom stereocenters. The van der Waals surface area contributed by atoms with Gasteiger partial charge in [-0.1, -0.05) is 48.2 Å². The average molecular weight is 422 g/mol. The van der Waals surface area contributed by atoms with Gasteiger partial charge in [0.05, 0.1) is 22.3 Å². The minimum absolute atomic E-state index is 0.0687. The smallest absolute Gasteiger partial charge is 0.243 e. The van der Waals surface area contributed by atoms with E-state index in [-0.39, 0.29) is 23.6 Å². The standard InChI is InChI=1S/C24H27N3O2S/c1-14-8-6-9-15(2)22(14)26-20(28)13-25-24(29)18(5)30-21-12-17(4)19-11-7-10-16(3)23(19)27-21/h6-12,18H,13H2,1-5H3,(H,25,29)(H,26,28)/t18-/m0/s1. The number of fused-ring (bicyclic) bond motifs is 1. The molecule has 0 saturated heterocycles. The van der Waals surface area contributed by atoms with Crippen molar-refractivity contribution < 1.29 is 9.59 Å². The van der Waals surface area contributed by atoms with Crippen LogP contribution in [0.25, 0.3) is 10.9 Å². The summed E-state index contributed by atoms with van der Waals surface area (Å²) in [5.74, 6) is -0.436. The number of carbonyl (C=O) groups excluding carboxylic acids is 2. The molecule has 1 atom stereocenters. The van der Waals surface area contributed by atoms with Crippen molar-refractivity contribution in [2.45, 2.75) is 44.9 Å². The molecule has 0 aliphatic carbocycles. The molecule has 30 heavy (non-hydrogen) atoms. The number of aromatic nitrogens is 1. The average Bonchev–Trinajstić information content (AvgIpc) is 2.70. The number of carbonyl (C=O) groups is 2. The Morgan fingerprint density at radius 1 is 0.967 bits per heavy atom. The number of benzene rings is 2. The zero-order chi connectivity index (χ0) is 21.8. The molecule has 156 valence electrons. The third-order valence-electron chi connectivity index (χ3n) is 5.06. The Balaban J connectivity index is 1.60. The van der Waals surface area contributed by atoms with E-state index in [1.54, 1.807) is 0 Å². The first-order valence-electron chi connectivity index (χ1n) is 9.93. The molecule has 1 aromatic heterocycles. The van der Waals surface area contributed by atoms with Gasteiger partial charge in [0.15, 0.2) is 0 Å². The number of amides is 2. The molecule has 0 aliphatic heterocycles. The van der Waals surface area contributed by atoms with Crippen LogP contribution >= 0.6 is 11.8 Å². The van der Waals surface area contributed by atoms with Gasteiger partial charge in [-0.3, -0.25) is 9.59 Å². The van der Waals surface area contributed by atoms with Gasteiger partial charge in [-0.2, -0.15) is 0 Å². The van der Waals surface area contributed by atoms with Crippen molar-refractivity contribution in [3.8, 4) is 0 Å². The maximum atomic E-state index is 12.5. The molecule has 0 radical (unpaired) electrons. The summed E-state index contributed by atoms with van der Waals surface area (Å²) in [6.07, 6.45) is 0. The number of rotatable bonds is 6. The second kappa shape index (κ2) is 9.30. The molecule has 5 nitrogen and oxygen atoms in total. The van der Waals surface area contributed by atoms with E-state index in [2.05, 4.69) is 23.6 Å². The normalized spacial score (nSPS) is 11.9. The van der Waals surface area contributed by atoms with Gasteiger partial charge in [-0.05, 0) is 62.9 Å². The van der Waals surface area contributed by atoms with Gasteiger partial charge in [-0.25, -0.2) is 4.98 Å². The first-order chi connectivity index (χ1) is 14.3. The van der Waals surface area contributed by atoms with Crippen LogP contribution < -0.4 is 10.6 Å². The highest BCUT2D eigenvalue weighted by Gasteiger charge is 2.17. The monoisotopic (exact) mass is 421 g/mol. The summed E-state index contributed by atoms with van der Waals surface area (Å²) in [7, 11) is 0. The second-order valence-corrected chi connectivity index (χ2v) is 8.90. The maximum Gasteiger partial charge on any atom is 0.243 e. The molecule has 6 heteroatoms. The highest BCUT2D eigenvalue weighted by Crippen LogP contribution is 2.28. The summed E-state index contributed by atoms with van der Waals surface area (Å²) < 4.78 is 0. The number of pyridine rings is 1. The lowest BCUT2D eigenvalue weighted by Gasteiger charge is -2.14. The lowest BCUT2D eigenvalue weighted by Crippen LogP contribution is -2.37. The van der Waals surface area contributed by atoms with Crippen LogP contribution in [0.5, 0.6) is 0 Å². The number of hydrogen-bond donors (Lipinski definition) is 2. The summed E-state index contributed by atoms with van der Waals surface area (Å²) in [6, 6.07) is 14.0. The zero-order valence-corrected chi connectivity index (χ0v) is 18.8. The Morgan fingerprint density at radius 3 is 2.30 bits per heavy atom. The van der Waals surface area contributed by atoms with Crippen LogP contribution in [-0.4, -0.2) is 28.6 Å². The number of nitrogens with one attached hydrogen (secondary N) is 2. The van der Waals surface area contributed by atoms with Gasteiger partial charge in [0.2, 0.25) is 11.8 Å². The van der Waals surface area contributed by atoms with E-state index in [1.165, 1.54) is 11.8 Å². The van der Waals surface area contributed by atoms with E-state index in [9.17, 15) is 9.59 Å². The van der Waals surface area contributed by atoms with E-state index >= 15 is 0 Å². The maximum absolute atomic E-state index is 12.5. The van der Waals surface area contributed by atoms with Gasteiger partial charge in [0, 0.05) is 11.1 Å². The molecule has 2 amide bonds. The predicted octanol–water partition coefficient (Wildman–Crippen LogP) is 4.70. The van der Waals surface area contributed by atoms with E-state index in [1.807, 2.05) is 64.1 Å². The van der Waals surface area contributed by atoms with Crippen LogP contribution in [0, 0.1) is 27.7 Å². The first-order valence-corrected chi connectivity index (χ1v) is 10.8. The van der Waals surface area contributed by atoms with Gasteiger partial charge >= 0.3 is 0 Å². The molecule has 1 heterocycles. The molecule has 2 N–H and O–H groups in total. The predicted molar refractivity (Wildman–Crippen MR) is 124 cm³/mol. The fourth-order valence-corrected chi connectivity index (χ4v) is 4.27. The third-order valence-corrected chi connectivity index (χ3v) is 6.08. The number of aryl methyl sites for hydroxylation is 4. The van der Waals surface area contributed by atoms with Crippen molar-refractivity contribution in [1.82, 2.24) is 10.3 Å². The van der Waals surface area contributed by atoms with Crippen molar-refractivity contribution in [3.63, 3.8) is 0 Å². The Morgan fingerprint density at radius 2 is 1.60 bits per heavy atom. The molecule has 0 saturated carbocycles. The first kappa shape index (κ1) is 21.8. The molecule has 0 aliphatic rings. The summed E-state index contributed by atoms with van der Waals surface area (Å²) in [5.41, 5.74) is 5.98. The number of hydrogen-bond acceptors (Lipinski definition) is 4. The van der Waals surface area contributed by atoms with Crippen molar-refractivity contribution >= 4 is 40.2 Å². The zero-order valence-electron chi connectivity index (χ0n) is 18.0. The van der Waals surface area contributed by atoms with Crippen LogP contribution in [0.1, 0.15) is 29.2 Å². The summed E-state index contributed by atoms with van der Waals surface area (Å²) >= 11 is 1.40. The molecular weight excluding hydrogens is 394 g/mol. The largest absolute Gasteiger partial charge is 0.346 e. The fraction of sp³-hybridized carbons (Fsp3) is 0.292. The summed E-state index contributed by atoms with van der Waals surface area (Å²) in [5, 5.41) is 7.17. The third kappa shape index (κ3) is 5.00. The quantitative estimate of drug-likeness (QED) is 0.566. The van der Waals surface area contributed by atoms with Crippen molar-refractivity contribution in [3.05, 3.63) is 64.7 Å². The van der Waals surface area contributed by atoms with Gasteiger partial charge < -0.3 is 10.6 Å². The highest BCUT2D eigenvalue weighted by atomic mass is 32.2. The second-order valence-electron chi connectivity index (χ2n) is 7.54. The number of nitrogens with zero attached hydrogens (tertiary/aromatic N) is 1. The molecule has 2 aromatic carbocycles. The lowest BCUT2D eigenvalue weighted by atomic mass is 10.1. The van der Waals surface area contributed by atoms with Crippen molar-refractivity contribution in [1.29, 1.82) is 0 Å². The number of anilines is 1. The Labute approximate surface area is 181 Å².